The maximum absolute atomic E-state index is 3.91. The van der Waals surface area contributed by atoms with Gasteiger partial charge < -0.3 is 4.90 Å². The molecular formula is C10H15N. The number of allylic oxidation sites excluding steroid dienone is 3. The summed E-state index contributed by atoms with van der Waals surface area (Å²) in [7, 11) is 2.00. The maximum atomic E-state index is 3.91. The zero-order valence-corrected chi connectivity index (χ0v) is 7.46. The van der Waals surface area contributed by atoms with E-state index in [1.165, 1.54) is 0 Å². The summed E-state index contributed by atoms with van der Waals surface area (Å²) in [5.74, 6) is 0. The molecule has 0 atom stereocenters. The van der Waals surface area contributed by atoms with Crippen LogP contribution in [-0.4, -0.2) is 11.9 Å². The van der Waals surface area contributed by atoms with E-state index < -0.39 is 0 Å². The summed E-state index contributed by atoms with van der Waals surface area (Å²) >= 11 is 0. The first-order chi connectivity index (χ1) is 5.01. The molecule has 0 saturated heterocycles. The Hall–Kier alpha value is -0.980. The highest BCUT2D eigenvalue weighted by atomic mass is 15.1. The Bertz CT molecular complexity index is 221. The van der Waals surface area contributed by atoms with Gasteiger partial charge in [-0.2, -0.15) is 0 Å². The van der Waals surface area contributed by atoms with E-state index in [2.05, 4.69) is 44.9 Å². The smallest absolute Gasteiger partial charge is 0.0327 e. The third-order valence-corrected chi connectivity index (χ3v) is 1.89. The summed E-state index contributed by atoms with van der Waals surface area (Å²) in [6.45, 7) is 8.25. The molecule has 0 amide bonds. The van der Waals surface area contributed by atoms with Crippen LogP contribution in [0.4, 0.5) is 0 Å². The molecule has 0 bridgehead atoms. The highest BCUT2D eigenvalue weighted by Gasteiger charge is 2.12. The normalized spacial score (nSPS) is 22.1. The van der Waals surface area contributed by atoms with E-state index >= 15 is 0 Å². The second-order valence-electron chi connectivity index (χ2n) is 3.57. The van der Waals surface area contributed by atoms with Crippen molar-refractivity contribution in [2.75, 3.05) is 7.05 Å². The van der Waals surface area contributed by atoms with Gasteiger partial charge in [-0.3, -0.25) is 0 Å². The Balaban J connectivity index is 2.93. The van der Waals surface area contributed by atoms with Gasteiger partial charge in [0.2, 0.25) is 0 Å². The van der Waals surface area contributed by atoms with E-state index in [0.29, 0.717) is 0 Å². The molecule has 1 rings (SSSR count). The fourth-order valence-electron chi connectivity index (χ4n) is 0.884. The summed E-state index contributed by atoms with van der Waals surface area (Å²) < 4.78 is 0. The number of nitrogens with zero attached hydrogens (tertiary/aromatic N) is 1. The van der Waals surface area contributed by atoms with Crippen molar-refractivity contribution in [1.82, 2.24) is 4.90 Å². The van der Waals surface area contributed by atoms with Crippen LogP contribution in [0.3, 0.4) is 0 Å². The molecule has 1 aliphatic rings. The van der Waals surface area contributed by atoms with Crippen LogP contribution in [0.5, 0.6) is 0 Å². The van der Waals surface area contributed by atoms with Crippen molar-refractivity contribution >= 4 is 0 Å². The second-order valence-corrected chi connectivity index (χ2v) is 3.57. The van der Waals surface area contributed by atoms with Gasteiger partial charge in [0, 0.05) is 24.4 Å². The monoisotopic (exact) mass is 149 g/mol. The van der Waals surface area contributed by atoms with Gasteiger partial charge in [0.1, 0.15) is 0 Å². The lowest BCUT2D eigenvalue weighted by atomic mass is 9.93. The molecule has 1 heteroatoms. The minimum absolute atomic E-state index is 0.160. The molecule has 1 heterocycles. The Labute approximate surface area is 68.7 Å². The first-order valence-corrected chi connectivity index (χ1v) is 3.82. The Morgan fingerprint density at radius 3 is 2.64 bits per heavy atom. The van der Waals surface area contributed by atoms with Crippen molar-refractivity contribution in [2.24, 2.45) is 5.41 Å². The predicted molar refractivity (Wildman–Crippen MR) is 49.0 cm³/mol. The fraction of sp³-hybridized carbons (Fsp3) is 0.400. The van der Waals surface area contributed by atoms with E-state index in [-0.39, 0.29) is 5.41 Å². The molecule has 11 heavy (non-hydrogen) atoms. The maximum Gasteiger partial charge on any atom is 0.0327 e. The second kappa shape index (κ2) is 2.57. The van der Waals surface area contributed by atoms with E-state index in [0.717, 1.165) is 5.70 Å². The Morgan fingerprint density at radius 2 is 2.00 bits per heavy atom. The van der Waals surface area contributed by atoms with Crippen LogP contribution in [0, 0.1) is 5.41 Å². The summed E-state index contributed by atoms with van der Waals surface area (Å²) in [6, 6.07) is 0. The third-order valence-electron chi connectivity index (χ3n) is 1.89. The molecule has 1 nitrogen and oxygen atoms in total. The SMILES string of the molecule is C=C1C=CC(C)(C)C=CN1C. The van der Waals surface area contributed by atoms with Gasteiger partial charge in [-0.1, -0.05) is 32.6 Å². The van der Waals surface area contributed by atoms with Crippen molar-refractivity contribution in [3.8, 4) is 0 Å². The molecule has 60 valence electrons. The standard InChI is InChI=1S/C10H15N/c1-9-5-6-10(2,3)7-8-11(9)4/h5-8H,1H2,2-4H3. The fourth-order valence-corrected chi connectivity index (χ4v) is 0.884. The van der Waals surface area contributed by atoms with Crippen LogP contribution in [0.15, 0.2) is 36.7 Å². The van der Waals surface area contributed by atoms with Gasteiger partial charge in [0.15, 0.2) is 0 Å². The van der Waals surface area contributed by atoms with Crippen molar-refractivity contribution in [3.05, 3.63) is 36.7 Å². The molecule has 0 saturated carbocycles. The van der Waals surface area contributed by atoms with Crippen molar-refractivity contribution in [1.29, 1.82) is 0 Å². The number of likely N-dealkylation sites (N-methyl/N-ethyl adjacent to an activating group) is 1. The number of hydrogen-bond acceptors (Lipinski definition) is 1. The van der Waals surface area contributed by atoms with Gasteiger partial charge in [-0.15, -0.1) is 0 Å². The van der Waals surface area contributed by atoms with Crippen molar-refractivity contribution in [2.45, 2.75) is 13.8 Å². The summed E-state index contributed by atoms with van der Waals surface area (Å²) in [5, 5.41) is 0. The lowest BCUT2D eigenvalue weighted by molar-refractivity contribution is 0.576. The number of rotatable bonds is 0. The summed E-state index contributed by atoms with van der Waals surface area (Å²) in [5.41, 5.74) is 1.19. The third kappa shape index (κ3) is 1.97. The Kier molecular flexibility index (Phi) is 1.90. The molecule has 0 fully saturated rings. The summed E-state index contributed by atoms with van der Waals surface area (Å²) in [4.78, 5) is 2.02. The highest BCUT2D eigenvalue weighted by molar-refractivity contribution is 5.23. The average molecular weight is 149 g/mol. The minimum atomic E-state index is 0.160. The average Bonchev–Trinajstić information content (AvgIpc) is 2.03. The molecular weight excluding hydrogens is 134 g/mol. The minimum Gasteiger partial charge on any atom is -0.352 e. The molecule has 0 aliphatic carbocycles. The van der Waals surface area contributed by atoms with Crippen LogP contribution < -0.4 is 0 Å². The van der Waals surface area contributed by atoms with Crippen LogP contribution in [-0.2, 0) is 0 Å². The van der Waals surface area contributed by atoms with E-state index in [4.69, 9.17) is 0 Å². The predicted octanol–water partition coefficient (Wildman–Crippen LogP) is 2.54. The lowest BCUT2D eigenvalue weighted by Gasteiger charge is -2.13. The molecule has 0 N–H and O–H groups in total. The van der Waals surface area contributed by atoms with Crippen LogP contribution in [0.2, 0.25) is 0 Å². The van der Waals surface area contributed by atoms with E-state index in [9.17, 15) is 0 Å². The van der Waals surface area contributed by atoms with Crippen LogP contribution in [0.1, 0.15) is 13.8 Å². The largest absolute Gasteiger partial charge is 0.352 e. The van der Waals surface area contributed by atoms with Gasteiger partial charge in [-0.05, 0) is 6.08 Å². The zero-order chi connectivity index (χ0) is 8.48. The topological polar surface area (TPSA) is 3.24 Å². The van der Waals surface area contributed by atoms with Crippen LogP contribution >= 0.6 is 0 Å². The molecule has 1 aliphatic heterocycles. The van der Waals surface area contributed by atoms with Gasteiger partial charge in [0.05, 0.1) is 0 Å². The van der Waals surface area contributed by atoms with Gasteiger partial charge >= 0.3 is 0 Å². The zero-order valence-electron chi connectivity index (χ0n) is 7.46. The lowest BCUT2D eigenvalue weighted by Crippen LogP contribution is -2.06. The highest BCUT2D eigenvalue weighted by Crippen LogP contribution is 2.23. The van der Waals surface area contributed by atoms with Crippen LogP contribution in [0.25, 0.3) is 0 Å². The molecule has 0 aromatic rings. The number of hydrogen-bond donors (Lipinski definition) is 0. The van der Waals surface area contributed by atoms with E-state index in [1.54, 1.807) is 0 Å². The van der Waals surface area contributed by atoms with Gasteiger partial charge in [0.25, 0.3) is 0 Å². The summed E-state index contributed by atoms with van der Waals surface area (Å²) in [6.07, 6.45) is 8.44. The molecule has 0 aromatic heterocycles. The molecule has 0 spiro atoms. The quantitative estimate of drug-likeness (QED) is 0.511. The Morgan fingerprint density at radius 1 is 1.36 bits per heavy atom. The first kappa shape index (κ1) is 8.12. The first-order valence-electron chi connectivity index (χ1n) is 3.82. The van der Waals surface area contributed by atoms with Gasteiger partial charge in [-0.25, -0.2) is 0 Å². The van der Waals surface area contributed by atoms with Crippen molar-refractivity contribution in [3.63, 3.8) is 0 Å². The molecule has 0 unspecified atom stereocenters. The molecule has 0 aromatic carbocycles. The molecule has 0 radical (unpaired) electrons. The van der Waals surface area contributed by atoms with E-state index in [1.807, 2.05) is 11.9 Å². The van der Waals surface area contributed by atoms with Crippen molar-refractivity contribution < 1.29 is 0 Å².